The Hall–Kier alpha value is -9.51. The first-order valence-electron chi connectivity index (χ1n) is 37.4. The maximum absolute atomic E-state index is 10.5. The molecule has 4 aromatic carbocycles. The van der Waals surface area contributed by atoms with Gasteiger partial charge >= 0.3 is 70.5 Å². The number of nitrogens with one attached hydrogen (secondary N) is 3. The number of anilines is 5. The summed E-state index contributed by atoms with van der Waals surface area (Å²) < 4.78 is 59.7. The molecule has 0 fully saturated rings. The van der Waals surface area contributed by atoms with Gasteiger partial charge in [-0.05, 0) is 166 Å². The molecular formula is C80H78B2Br3Cl5MnN25NaO14PdS6-. The van der Waals surface area contributed by atoms with Crippen molar-refractivity contribution >= 4 is 280 Å². The fraction of sp³-hybridized carbons (Fsp3) is 0.138. The third-order valence-corrected chi connectivity index (χ3v) is 27.8. The number of benzene rings is 4. The molecule has 13 N–H and O–H groups in total. The molecule has 18 aromatic rings. The number of aromatic nitrogens is 18. The van der Waals surface area contributed by atoms with Gasteiger partial charge in [-0.1, -0.05) is 83.9 Å². The quantitative estimate of drug-likeness (QED) is 0.00983. The maximum atomic E-state index is 10.5. The Morgan fingerprint density at radius 3 is 1.42 bits per heavy atom. The number of rotatable bonds is 8. The van der Waals surface area contributed by atoms with Crippen molar-refractivity contribution in [3.05, 3.63) is 275 Å². The number of H-pyrrole nitrogens is 1. The zero-order chi connectivity index (χ0) is 98.5. The van der Waals surface area contributed by atoms with Crippen LogP contribution in [0.15, 0.2) is 201 Å². The summed E-state index contributed by atoms with van der Waals surface area (Å²) in [6.07, 6.45) is 20.5. The number of aliphatic imine (C=N–C) groups is 1. The number of hydrogen-bond acceptors (Lipinski definition) is 36. The second kappa shape index (κ2) is 58.0. The predicted molar refractivity (Wildman–Crippen MR) is 546 cm³/mol. The zero-order valence-electron chi connectivity index (χ0n) is 74.8. The van der Waals surface area contributed by atoms with Gasteiger partial charge in [-0.2, -0.15) is 33.9 Å². The molecule has 0 unspecified atom stereocenters. The number of nitrogens with two attached hydrogens (primary N) is 2. The molecule has 14 aromatic heterocycles. The van der Waals surface area contributed by atoms with E-state index in [1.165, 1.54) is 62.2 Å². The van der Waals surface area contributed by atoms with Crippen molar-refractivity contribution in [2.75, 3.05) is 22.1 Å². The molecule has 19 rings (SSSR count). The molecular weight excluding hydrogens is 2350 g/mol. The predicted octanol–water partition coefficient (Wildman–Crippen LogP) is 16.6. The Kier molecular flexibility index (Phi) is 50.8. The first-order valence-corrected chi connectivity index (χ1v) is 48.1. The van der Waals surface area contributed by atoms with E-state index in [0.29, 0.717) is 39.6 Å². The van der Waals surface area contributed by atoms with E-state index in [9.17, 15) is 38.9 Å². The summed E-state index contributed by atoms with van der Waals surface area (Å²) in [5.74, 6) is 0.901. The van der Waals surface area contributed by atoms with Crippen molar-refractivity contribution in [3.8, 4) is 39.5 Å². The molecule has 58 heteroatoms. The minimum absolute atomic E-state index is 0. The van der Waals surface area contributed by atoms with Crippen molar-refractivity contribution in [1.29, 1.82) is 0 Å². The summed E-state index contributed by atoms with van der Waals surface area (Å²) in [6.45, 7) is 12.7. The number of nitro groups is 2. The Morgan fingerprint density at radius 2 is 0.993 bits per heavy atom. The average molecular weight is 2430 g/mol. The molecule has 0 aliphatic carbocycles. The fourth-order valence-corrected chi connectivity index (χ4v) is 19.0. The van der Waals surface area contributed by atoms with Gasteiger partial charge in [-0.25, -0.2) is 39.9 Å². The van der Waals surface area contributed by atoms with E-state index in [2.05, 4.69) is 141 Å². The van der Waals surface area contributed by atoms with Crippen molar-refractivity contribution in [2.45, 2.75) is 53.0 Å². The number of halogens is 8. The standard InChI is InChI=1S/C17H15N5OS.C13H9ClN2OS.C7H3BrCl2N2S.C7H6BrClN2S.C7H4BrClN2S.C7H8O3S.C6H7BO3.C4H5N3O2.2C4H7N3.C3H3N3O2.CH3.B.Mn.Na.2O.Pd.H/c1-10-15(12-5-3-4-6-13(12)23)16-14(24-10)8-18-17(21-16)20-11-7-19-22(2)9-11;1-7-11(8-4-2-3-5-9(8)17)12-10(18-7)6-15-13(14)16-12;1-2-3(8)4-5(13-2)6(9)12-7(10)11-4;2*1-3-5(8)6-4(12-3)2-10-7(9)11-6;1-6-2-4-7(5-3-6)11(8,9)10;8-6-4-2-1-3-5(6)7(9)10;1-6-3-4(2-5-6)7(8)9;2*1-7-3-4(5)2-6-7;7-6(8)3-1-4-5-2-3;;;;;;;;/h3-9,23H,1-2H3,(H,18,20,21);2-6,17H,1H3;1H3;2H2,1H3,(H,10,11);2H,1H3;2-5H,1H3,(H,8,9,10);1-4,8-10H;2-3H,1H3;2*2-3H,5H2,1H3;1-2H,(H,4,5);1H3;;;;;;;/q;;;;;;;;;;;-1;;;+1;;;;-1. The van der Waals surface area contributed by atoms with E-state index in [1.807, 2.05) is 98.5 Å². The Morgan fingerprint density at radius 1 is 0.551 bits per heavy atom. The Balaban J connectivity index is 0.000000398. The summed E-state index contributed by atoms with van der Waals surface area (Å²) in [5.41, 5.74) is 21.8. The molecule has 0 bridgehead atoms. The van der Waals surface area contributed by atoms with Gasteiger partial charge < -0.3 is 56.3 Å². The molecule has 1 aliphatic rings. The van der Waals surface area contributed by atoms with Crippen molar-refractivity contribution < 1.29 is 122 Å². The van der Waals surface area contributed by atoms with Crippen LogP contribution in [-0.4, -0.2) is 158 Å². The molecule has 138 heavy (non-hydrogen) atoms. The van der Waals surface area contributed by atoms with Crippen molar-refractivity contribution in [3.63, 3.8) is 0 Å². The van der Waals surface area contributed by atoms with Crippen LogP contribution in [0.25, 0.3) is 63.1 Å². The first-order chi connectivity index (χ1) is 63.4. The Bertz CT molecular complexity index is 7210. The number of fused-ring (bicyclic) bond motifs is 5. The molecule has 39 nitrogen and oxygen atoms in total. The van der Waals surface area contributed by atoms with E-state index < -0.39 is 41.9 Å². The topological polar surface area (TPSA) is 567 Å². The van der Waals surface area contributed by atoms with Gasteiger partial charge in [0.2, 0.25) is 21.8 Å². The largest absolute Gasteiger partial charge is 0 e. The zero-order valence-corrected chi connectivity index (χ0v) is 92.0. The van der Waals surface area contributed by atoms with Gasteiger partial charge in [0.1, 0.15) is 46.9 Å². The second-order valence-corrected chi connectivity index (χ2v) is 38.7. The molecule has 724 valence electrons. The first kappa shape index (κ1) is 121. The number of para-hydroxylation sites is 3. The van der Waals surface area contributed by atoms with Crippen LogP contribution in [-0.2, 0) is 87.8 Å². The van der Waals surface area contributed by atoms with Crippen LogP contribution < -0.4 is 57.1 Å². The van der Waals surface area contributed by atoms with Crippen LogP contribution in [0.2, 0.25) is 21.0 Å². The normalized spacial score (nSPS) is 10.4. The van der Waals surface area contributed by atoms with Crippen LogP contribution in [0, 0.1) is 69.2 Å². The van der Waals surface area contributed by atoms with Crippen LogP contribution in [0.5, 0.6) is 17.2 Å². The van der Waals surface area contributed by atoms with Crippen molar-refractivity contribution in [1.82, 2.24) is 89.2 Å². The van der Waals surface area contributed by atoms with Gasteiger partial charge in [0.25, 0.3) is 10.1 Å². The number of aryl methyl sites for hydroxylation is 10. The van der Waals surface area contributed by atoms with Crippen LogP contribution in [0.3, 0.4) is 0 Å². The molecule has 1 aliphatic heterocycles. The minimum atomic E-state index is -4.02. The summed E-state index contributed by atoms with van der Waals surface area (Å²) >= 11 is 45.9. The number of phenols is 3. The van der Waals surface area contributed by atoms with E-state index >= 15 is 0 Å². The minimum Gasteiger partial charge on any atom is 0 e. The summed E-state index contributed by atoms with van der Waals surface area (Å²) in [4.78, 5) is 63.1. The number of aromatic amines is 1. The number of amidine groups is 1. The van der Waals surface area contributed by atoms with E-state index in [1.54, 1.807) is 164 Å². The number of aromatic hydroxyl groups is 3. The molecule has 0 spiro atoms. The third kappa shape index (κ3) is 36.2. The molecule has 0 amide bonds. The van der Waals surface area contributed by atoms with Crippen LogP contribution in [0.1, 0.15) is 36.3 Å². The number of nitrogens with zero attached hydrogens (tertiary/aromatic N) is 20. The fourth-order valence-electron chi connectivity index (χ4n) is 10.9. The van der Waals surface area contributed by atoms with Crippen LogP contribution in [0.4, 0.5) is 40.1 Å². The number of nitrogen functional groups attached to an aromatic ring is 2. The molecule has 3 radical (unpaired) electrons. The third-order valence-electron chi connectivity index (χ3n) is 16.8. The number of phenolic OH excluding ortho intramolecular Hbond substituents is 3. The number of thiophene rings is 5. The second-order valence-electron chi connectivity index (χ2n) is 26.7. The van der Waals surface area contributed by atoms with Crippen molar-refractivity contribution in [2.24, 2.45) is 33.2 Å². The van der Waals surface area contributed by atoms with E-state index in [4.69, 9.17) is 96.8 Å². The van der Waals surface area contributed by atoms with Gasteiger partial charge in [-0.3, -0.25) is 53.6 Å². The van der Waals surface area contributed by atoms with Crippen LogP contribution >= 0.6 is 162 Å². The van der Waals surface area contributed by atoms with Gasteiger partial charge in [0, 0.05) is 140 Å². The smallest absolute Gasteiger partial charge is 0 e. The Labute approximate surface area is 903 Å². The molecule has 0 saturated heterocycles. The van der Waals surface area contributed by atoms with E-state index in [-0.39, 0.29) is 117 Å². The van der Waals surface area contributed by atoms with Gasteiger partial charge in [0.15, 0.2) is 10.4 Å². The SMILES string of the molecule is Cc1ccc(S(=O)(=O)O)cc1.Cc1sc2c(Cl)nc(Cl)nc2c1Br.Cc1sc2c(c1Br)NC(Cl)=NC2.Cc1sc2cnc(Cl)nc2c1-c1ccccc1O.Cc1sc2cnc(Cl)nc2c1Br.Cc1sc2cnc(Nc3cnn(C)c3)nc2c1-c1ccccc1O.Cn1cc(N)cn1.Cn1cc(N)cn1.Cn1cc([N+](=O)[O-])cn1.O=[N+]([O-])c1cn[nH]c1.OB(O)c1ccccc1O.[B].[CH3-].[H-].[Na+].[O]=[Mn]=[O].[Pd]. The molecule has 0 saturated carbocycles. The van der Waals surface area contributed by atoms with Gasteiger partial charge in [-0.15, -0.1) is 56.7 Å². The maximum Gasteiger partial charge on any atom is 0 e. The number of hydrogen-bond donors (Lipinski definition) is 11. The molecule has 15 heterocycles. The summed E-state index contributed by atoms with van der Waals surface area (Å²) in [7, 11) is 1.53. The monoisotopic (exact) mass is 2420 g/mol. The molecule has 0 atom stereocenters. The van der Waals surface area contributed by atoms with E-state index in [0.717, 1.165) is 114 Å². The summed E-state index contributed by atoms with van der Waals surface area (Å²) in [5, 5.41) is 94.9. The average Bonchev–Trinajstić information content (AvgIpc) is 1.65. The summed E-state index contributed by atoms with van der Waals surface area (Å²) in [6, 6.07) is 26.6. The van der Waals surface area contributed by atoms with Gasteiger partial charge in [0.05, 0.1) is 123 Å².